The number of amides is 2. The summed E-state index contributed by atoms with van der Waals surface area (Å²) in [5, 5.41) is 3.00. The maximum Gasteiger partial charge on any atom is 0.243 e. The first-order chi connectivity index (χ1) is 10.9. The Labute approximate surface area is 140 Å². The Hall–Kier alpha value is -1.84. The van der Waals surface area contributed by atoms with Gasteiger partial charge >= 0.3 is 0 Å². The molecule has 0 heterocycles. The first-order valence-electron chi connectivity index (χ1n) is 8.58. The molecule has 0 spiro atoms. The lowest BCUT2D eigenvalue weighted by Gasteiger charge is -2.31. The molecule has 0 fully saturated rings. The number of hydrogen-bond acceptors (Lipinski definition) is 2. The molecule has 1 rings (SSSR count). The fourth-order valence-electron chi connectivity index (χ4n) is 2.57. The zero-order valence-electron chi connectivity index (χ0n) is 15.1. The molecule has 0 saturated carbocycles. The van der Waals surface area contributed by atoms with E-state index in [1.807, 2.05) is 52.8 Å². The van der Waals surface area contributed by atoms with Crippen molar-refractivity contribution in [3.05, 3.63) is 35.4 Å². The van der Waals surface area contributed by atoms with E-state index in [2.05, 4.69) is 11.4 Å². The largest absolute Gasteiger partial charge is 0.352 e. The lowest BCUT2D eigenvalue weighted by Crippen LogP contribution is -2.50. The maximum absolute atomic E-state index is 12.6. The standard InChI is InChI=1S/C19H30N2O2/c1-6-15(5)20-19(23)17(7-2)21(18(22)8-3)13-16-11-9-10-14(4)12-16/h9-12,15,17H,6-8,13H2,1-5H3,(H,20,23)/t15-,17+/m1/s1. The Morgan fingerprint density at radius 1 is 1.17 bits per heavy atom. The Morgan fingerprint density at radius 3 is 2.39 bits per heavy atom. The molecule has 1 N–H and O–H groups in total. The highest BCUT2D eigenvalue weighted by Gasteiger charge is 2.28. The summed E-state index contributed by atoms with van der Waals surface area (Å²) in [7, 11) is 0. The van der Waals surface area contributed by atoms with Crippen LogP contribution in [0.25, 0.3) is 0 Å². The minimum Gasteiger partial charge on any atom is -0.352 e. The molecular formula is C19H30N2O2. The predicted molar refractivity (Wildman–Crippen MR) is 94.0 cm³/mol. The van der Waals surface area contributed by atoms with Gasteiger partial charge in [-0.25, -0.2) is 0 Å². The zero-order chi connectivity index (χ0) is 17.4. The van der Waals surface area contributed by atoms with Crippen LogP contribution in [0.1, 0.15) is 58.1 Å². The Kier molecular flexibility index (Phi) is 7.79. The molecule has 0 saturated heterocycles. The van der Waals surface area contributed by atoms with Gasteiger partial charge in [0.1, 0.15) is 6.04 Å². The molecule has 1 aromatic carbocycles. The van der Waals surface area contributed by atoms with Gasteiger partial charge in [-0.1, -0.05) is 50.6 Å². The third kappa shape index (κ3) is 5.70. The van der Waals surface area contributed by atoms with Crippen LogP contribution in [-0.4, -0.2) is 28.8 Å². The fourth-order valence-corrected chi connectivity index (χ4v) is 2.57. The van der Waals surface area contributed by atoms with E-state index >= 15 is 0 Å². The van der Waals surface area contributed by atoms with E-state index < -0.39 is 6.04 Å². The van der Waals surface area contributed by atoms with Gasteiger partial charge in [0, 0.05) is 19.0 Å². The van der Waals surface area contributed by atoms with Crippen LogP contribution in [0, 0.1) is 6.92 Å². The molecule has 0 aromatic heterocycles. The average molecular weight is 318 g/mol. The molecule has 0 unspecified atom stereocenters. The fraction of sp³-hybridized carbons (Fsp3) is 0.579. The molecule has 2 amide bonds. The van der Waals surface area contributed by atoms with Crippen LogP contribution in [0.5, 0.6) is 0 Å². The summed E-state index contributed by atoms with van der Waals surface area (Å²) >= 11 is 0. The second kappa shape index (κ2) is 9.33. The molecule has 4 nitrogen and oxygen atoms in total. The van der Waals surface area contributed by atoms with Crippen molar-refractivity contribution in [2.24, 2.45) is 0 Å². The van der Waals surface area contributed by atoms with Crippen molar-refractivity contribution >= 4 is 11.8 Å². The van der Waals surface area contributed by atoms with E-state index in [-0.39, 0.29) is 17.9 Å². The summed E-state index contributed by atoms with van der Waals surface area (Å²) in [6, 6.07) is 7.78. The van der Waals surface area contributed by atoms with Gasteiger partial charge in [0.2, 0.25) is 11.8 Å². The van der Waals surface area contributed by atoms with Crippen molar-refractivity contribution in [2.45, 2.75) is 72.5 Å². The molecule has 0 bridgehead atoms. The van der Waals surface area contributed by atoms with Crippen molar-refractivity contribution in [1.29, 1.82) is 0 Å². The van der Waals surface area contributed by atoms with Gasteiger partial charge in [0.25, 0.3) is 0 Å². The van der Waals surface area contributed by atoms with Gasteiger partial charge in [-0.15, -0.1) is 0 Å². The number of nitrogens with zero attached hydrogens (tertiary/aromatic N) is 1. The van der Waals surface area contributed by atoms with E-state index in [4.69, 9.17) is 0 Å². The Bertz CT molecular complexity index is 528. The Balaban J connectivity index is 2.98. The van der Waals surface area contributed by atoms with E-state index in [9.17, 15) is 9.59 Å². The second-order valence-corrected chi connectivity index (χ2v) is 6.11. The number of rotatable bonds is 8. The molecule has 0 aliphatic carbocycles. The molecule has 0 aliphatic rings. The first kappa shape index (κ1) is 19.2. The summed E-state index contributed by atoms with van der Waals surface area (Å²) in [4.78, 5) is 26.7. The predicted octanol–water partition coefficient (Wildman–Crippen LogP) is 3.43. The first-order valence-corrected chi connectivity index (χ1v) is 8.58. The molecular weight excluding hydrogens is 288 g/mol. The minimum absolute atomic E-state index is 0.0117. The third-order valence-electron chi connectivity index (χ3n) is 4.12. The maximum atomic E-state index is 12.6. The van der Waals surface area contributed by atoms with E-state index in [0.29, 0.717) is 19.4 Å². The number of nitrogens with one attached hydrogen (secondary N) is 1. The average Bonchev–Trinajstić information content (AvgIpc) is 2.53. The van der Waals surface area contributed by atoms with Crippen molar-refractivity contribution in [1.82, 2.24) is 10.2 Å². The van der Waals surface area contributed by atoms with Crippen LogP contribution in [0.15, 0.2) is 24.3 Å². The number of carbonyl (C=O) groups excluding carboxylic acids is 2. The van der Waals surface area contributed by atoms with Gasteiger partial charge in [-0.05, 0) is 32.3 Å². The number of hydrogen-bond donors (Lipinski definition) is 1. The summed E-state index contributed by atoms with van der Waals surface area (Å²) in [6.07, 6.45) is 1.89. The zero-order valence-corrected chi connectivity index (χ0v) is 15.1. The topological polar surface area (TPSA) is 49.4 Å². The van der Waals surface area contributed by atoms with Crippen molar-refractivity contribution in [3.63, 3.8) is 0 Å². The highest BCUT2D eigenvalue weighted by Crippen LogP contribution is 2.14. The normalized spacial score (nSPS) is 13.3. The molecule has 0 radical (unpaired) electrons. The van der Waals surface area contributed by atoms with Crippen LogP contribution < -0.4 is 5.32 Å². The lowest BCUT2D eigenvalue weighted by atomic mass is 10.1. The Morgan fingerprint density at radius 2 is 1.87 bits per heavy atom. The van der Waals surface area contributed by atoms with E-state index in [0.717, 1.165) is 17.5 Å². The van der Waals surface area contributed by atoms with Crippen LogP contribution in [-0.2, 0) is 16.1 Å². The number of carbonyl (C=O) groups is 2. The number of benzene rings is 1. The summed E-state index contributed by atoms with van der Waals surface area (Å²) in [5.41, 5.74) is 2.21. The lowest BCUT2D eigenvalue weighted by molar-refractivity contribution is -0.141. The molecule has 23 heavy (non-hydrogen) atoms. The summed E-state index contributed by atoms with van der Waals surface area (Å²) in [5.74, 6) is -0.0473. The monoisotopic (exact) mass is 318 g/mol. The van der Waals surface area contributed by atoms with E-state index in [1.54, 1.807) is 4.90 Å². The SMILES string of the molecule is CCC(=O)N(Cc1cccc(C)c1)[C@@H](CC)C(=O)N[C@H](C)CC. The van der Waals surface area contributed by atoms with Crippen molar-refractivity contribution < 1.29 is 9.59 Å². The number of aryl methyl sites for hydroxylation is 1. The highest BCUT2D eigenvalue weighted by molar-refractivity contribution is 5.87. The molecule has 0 aliphatic heterocycles. The van der Waals surface area contributed by atoms with Crippen molar-refractivity contribution in [3.8, 4) is 0 Å². The molecule has 4 heteroatoms. The van der Waals surface area contributed by atoms with E-state index in [1.165, 1.54) is 0 Å². The van der Waals surface area contributed by atoms with Gasteiger partial charge in [-0.2, -0.15) is 0 Å². The van der Waals surface area contributed by atoms with Crippen LogP contribution in [0.4, 0.5) is 0 Å². The highest BCUT2D eigenvalue weighted by atomic mass is 16.2. The van der Waals surface area contributed by atoms with Crippen molar-refractivity contribution in [2.75, 3.05) is 0 Å². The van der Waals surface area contributed by atoms with Crippen LogP contribution >= 0.6 is 0 Å². The van der Waals surface area contributed by atoms with Crippen LogP contribution in [0.3, 0.4) is 0 Å². The third-order valence-corrected chi connectivity index (χ3v) is 4.12. The van der Waals surface area contributed by atoms with Gasteiger partial charge in [-0.3, -0.25) is 9.59 Å². The molecule has 1 aromatic rings. The molecule has 2 atom stereocenters. The van der Waals surface area contributed by atoms with Gasteiger partial charge < -0.3 is 10.2 Å². The summed E-state index contributed by atoms with van der Waals surface area (Å²) in [6.45, 7) is 10.3. The quantitative estimate of drug-likeness (QED) is 0.798. The minimum atomic E-state index is -0.419. The second-order valence-electron chi connectivity index (χ2n) is 6.11. The summed E-state index contributed by atoms with van der Waals surface area (Å²) < 4.78 is 0. The smallest absolute Gasteiger partial charge is 0.243 e. The van der Waals surface area contributed by atoms with Gasteiger partial charge in [0.05, 0.1) is 0 Å². The van der Waals surface area contributed by atoms with Gasteiger partial charge in [0.15, 0.2) is 0 Å². The van der Waals surface area contributed by atoms with Crippen LogP contribution in [0.2, 0.25) is 0 Å². The molecule has 128 valence electrons.